The first kappa shape index (κ1) is 19.3. The molecule has 28 heavy (non-hydrogen) atoms. The largest absolute Gasteiger partial charge is 0.352 e. The highest BCUT2D eigenvalue weighted by atomic mass is 35.5. The Hall–Kier alpha value is -2.05. The van der Waals surface area contributed by atoms with Gasteiger partial charge in [0, 0.05) is 11.1 Å². The third kappa shape index (κ3) is 3.89. The molecule has 2 aromatic carbocycles. The van der Waals surface area contributed by atoms with Crippen molar-refractivity contribution < 1.29 is 13.2 Å². The number of rotatable bonds is 6. The number of halogens is 1. The molecule has 0 radical (unpaired) electrons. The Bertz CT molecular complexity index is 965. The van der Waals surface area contributed by atoms with Crippen LogP contribution >= 0.6 is 11.6 Å². The Labute approximate surface area is 170 Å². The molecule has 0 aromatic heterocycles. The van der Waals surface area contributed by atoms with Crippen molar-refractivity contribution >= 4 is 33.2 Å². The highest BCUT2D eigenvalue weighted by Crippen LogP contribution is 2.44. The highest BCUT2D eigenvalue weighted by molar-refractivity contribution is 7.92. The van der Waals surface area contributed by atoms with Gasteiger partial charge in [-0.2, -0.15) is 0 Å². The van der Waals surface area contributed by atoms with Gasteiger partial charge in [-0.15, -0.1) is 0 Å². The van der Waals surface area contributed by atoms with Gasteiger partial charge in [0.15, 0.2) is 0 Å². The lowest BCUT2D eigenvalue weighted by molar-refractivity contribution is -0.120. The monoisotopic (exact) mass is 418 g/mol. The number of carbonyl (C=O) groups is 1. The van der Waals surface area contributed by atoms with Crippen LogP contribution in [0.5, 0.6) is 0 Å². The van der Waals surface area contributed by atoms with Crippen molar-refractivity contribution in [3.05, 3.63) is 59.6 Å². The van der Waals surface area contributed by atoms with Gasteiger partial charge in [0.05, 0.1) is 10.6 Å². The maximum atomic E-state index is 13.2. The third-order valence-corrected chi connectivity index (χ3v) is 7.82. The van der Waals surface area contributed by atoms with Gasteiger partial charge in [0.2, 0.25) is 5.91 Å². The number of hydrogen-bond donors (Lipinski definition) is 1. The lowest BCUT2D eigenvalue weighted by Gasteiger charge is -2.27. The molecule has 1 N–H and O–H groups in total. The van der Waals surface area contributed by atoms with Gasteiger partial charge >= 0.3 is 0 Å². The highest BCUT2D eigenvalue weighted by Gasteiger charge is 2.40. The molecule has 0 aliphatic heterocycles. The van der Waals surface area contributed by atoms with E-state index in [1.165, 1.54) is 25.0 Å². The van der Waals surface area contributed by atoms with Crippen LogP contribution in [-0.4, -0.2) is 26.9 Å². The number of benzene rings is 2. The minimum Gasteiger partial charge on any atom is -0.352 e. The first-order chi connectivity index (χ1) is 13.4. The molecule has 2 saturated carbocycles. The predicted molar refractivity (Wildman–Crippen MR) is 110 cm³/mol. The number of sulfonamides is 1. The topological polar surface area (TPSA) is 66.5 Å². The molecule has 0 unspecified atom stereocenters. The van der Waals surface area contributed by atoms with Crippen molar-refractivity contribution in [1.29, 1.82) is 0 Å². The van der Waals surface area contributed by atoms with E-state index in [9.17, 15) is 13.2 Å². The van der Waals surface area contributed by atoms with Gasteiger partial charge in [-0.05, 0) is 61.4 Å². The number of nitrogens with zero attached hydrogens (tertiary/aromatic N) is 1. The molecule has 3 atom stereocenters. The van der Waals surface area contributed by atoms with Gasteiger partial charge in [0.1, 0.15) is 6.54 Å². The van der Waals surface area contributed by atoms with E-state index in [2.05, 4.69) is 5.32 Å². The smallest absolute Gasteiger partial charge is 0.264 e. The molecule has 0 spiro atoms. The summed E-state index contributed by atoms with van der Waals surface area (Å²) >= 11 is 6.08. The van der Waals surface area contributed by atoms with E-state index in [1.807, 2.05) is 0 Å². The maximum Gasteiger partial charge on any atom is 0.264 e. The lowest BCUT2D eigenvalue weighted by Crippen LogP contribution is -2.46. The summed E-state index contributed by atoms with van der Waals surface area (Å²) in [4.78, 5) is 12.9. The van der Waals surface area contributed by atoms with Crippen molar-refractivity contribution in [2.24, 2.45) is 11.8 Å². The minimum atomic E-state index is -3.90. The molecule has 2 aliphatic rings. The van der Waals surface area contributed by atoms with Gasteiger partial charge in [-0.25, -0.2) is 8.42 Å². The number of hydrogen-bond acceptors (Lipinski definition) is 3. The molecular weight excluding hydrogens is 396 g/mol. The zero-order valence-corrected chi connectivity index (χ0v) is 17.0. The summed E-state index contributed by atoms with van der Waals surface area (Å²) < 4.78 is 27.6. The van der Waals surface area contributed by atoms with Crippen LogP contribution in [0.1, 0.15) is 25.7 Å². The zero-order valence-electron chi connectivity index (χ0n) is 15.4. The molecule has 7 heteroatoms. The van der Waals surface area contributed by atoms with Crippen LogP contribution in [0, 0.1) is 11.8 Å². The molecule has 2 bridgehead atoms. The van der Waals surface area contributed by atoms with Crippen LogP contribution < -0.4 is 9.62 Å². The average molecular weight is 419 g/mol. The van der Waals surface area contributed by atoms with Gasteiger partial charge in [-0.1, -0.05) is 42.3 Å². The molecule has 148 valence electrons. The van der Waals surface area contributed by atoms with E-state index < -0.39 is 10.0 Å². The quantitative estimate of drug-likeness (QED) is 0.775. The fraction of sp³-hybridized carbons (Fsp3) is 0.381. The van der Waals surface area contributed by atoms with E-state index in [1.54, 1.807) is 42.5 Å². The Morgan fingerprint density at radius 2 is 1.86 bits per heavy atom. The van der Waals surface area contributed by atoms with Gasteiger partial charge in [0.25, 0.3) is 10.0 Å². The molecule has 2 fully saturated rings. The molecule has 4 rings (SSSR count). The zero-order chi connectivity index (χ0) is 19.7. The first-order valence-electron chi connectivity index (χ1n) is 9.56. The van der Waals surface area contributed by atoms with Crippen LogP contribution in [0.4, 0.5) is 5.69 Å². The molecular formula is C21H23ClN2O3S. The number of nitrogens with one attached hydrogen (secondary N) is 1. The van der Waals surface area contributed by atoms with Crippen LogP contribution in [0.2, 0.25) is 5.02 Å². The number of carbonyl (C=O) groups excluding carboxylic acids is 1. The molecule has 2 aromatic rings. The fourth-order valence-electron chi connectivity index (χ4n) is 4.47. The Morgan fingerprint density at radius 3 is 2.50 bits per heavy atom. The summed E-state index contributed by atoms with van der Waals surface area (Å²) in [5.41, 5.74) is 0.374. The predicted octanol–water partition coefficient (Wildman–Crippen LogP) is 3.84. The average Bonchev–Trinajstić information content (AvgIpc) is 3.30. The second-order valence-electron chi connectivity index (χ2n) is 7.65. The van der Waals surface area contributed by atoms with Crippen LogP contribution in [0.15, 0.2) is 59.5 Å². The molecule has 5 nitrogen and oxygen atoms in total. The van der Waals surface area contributed by atoms with Crippen LogP contribution in [0.25, 0.3) is 0 Å². The normalized spacial score (nSPS) is 23.5. The summed E-state index contributed by atoms with van der Waals surface area (Å²) in [6.07, 6.45) is 4.56. The van der Waals surface area contributed by atoms with E-state index in [0.717, 1.165) is 17.1 Å². The fourth-order valence-corrected chi connectivity index (χ4v) is 6.09. The van der Waals surface area contributed by atoms with Crippen LogP contribution in [-0.2, 0) is 14.8 Å². The second kappa shape index (κ2) is 7.76. The Morgan fingerprint density at radius 1 is 1.07 bits per heavy atom. The number of amides is 1. The lowest BCUT2D eigenvalue weighted by atomic mass is 9.95. The summed E-state index contributed by atoms with van der Waals surface area (Å²) in [7, 11) is -3.90. The molecule has 2 aliphatic carbocycles. The minimum absolute atomic E-state index is 0.141. The second-order valence-corrected chi connectivity index (χ2v) is 9.95. The molecule has 0 heterocycles. The van der Waals surface area contributed by atoms with Crippen molar-refractivity contribution in [3.63, 3.8) is 0 Å². The number of fused-ring (bicyclic) bond motifs is 2. The SMILES string of the molecule is O=C(CN(c1cccc(Cl)c1)S(=O)(=O)c1ccccc1)N[C@@H]1C[C@H]2CC[C@H]1C2. The molecule has 1 amide bonds. The van der Waals surface area contributed by atoms with Gasteiger partial charge < -0.3 is 5.32 Å². The maximum absolute atomic E-state index is 13.2. The first-order valence-corrected chi connectivity index (χ1v) is 11.4. The molecule has 0 saturated heterocycles. The van der Waals surface area contributed by atoms with E-state index >= 15 is 0 Å². The van der Waals surface area contributed by atoms with Gasteiger partial charge in [-0.3, -0.25) is 9.10 Å². The van der Waals surface area contributed by atoms with E-state index in [4.69, 9.17) is 11.6 Å². The van der Waals surface area contributed by atoms with E-state index in [0.29, 0.717) is 22.5 Å². The third-order valence-electron chi connectivity index (χ3n) is 5.80. The summed E-state index contributed by atoms with van der Waals surface area (Å²) in [6, 6.07) is 14.9. The summed E-state index contributed by atoms with van der Waals surface area (Å²) in [5.74, 6) is 0.948. The summed E-state index contributed by atoms with van der Waals surface area (Å²) in [5, 5.41) is 3.49. The van der Waals surface area contributed by atoms with Crippen molar-refractivity contribution in [1.82, 2.24) is 5.32 Å². The summed E-state index contributed by atoms with van der Waals surface area (Å²) in [6.45, 7) is -0.272. The Kier molecular flexibility index (Phi) is 5.34. The van der Waals surface area contributed by atoms with Crippen LogP contribution in [0.3, 0.4) is 0 Å². The van der Waals surface area contributed by atoms with Crippen molar-refractivity contribution in [2.75, 3.05) is 10.8 Å². The van der Waals surface area contributed by atoms with Crippen molar-refractivity contribution in [2.45, 2.75) is 36.6 Å². The Balaban J connectivity index is 1.59. The van der Waals surface area contributed by atoms with Crippen molar-refractivity contribution in [3.8, 4) is 0 Å². The standard InChI is InChI=1S/C21H23ClN2O3S/c22-17-5-4-6-18(13-17)24(28(26,27)19-7-2-1-3-8-19)14-21(25)23-20-12-15-9-10-16(20)11-15/h1-8,13,15-16,20H,9-12,14H2,(H,23,25)/t15-,16-,20+/m0/s1. The number of anilines is 1. The van der Waals surface area contributed by atoms with E-state index in [-0.39, 0.29) is 23.4 Å².